The first-order valence-electron chi connectivity index (χ1n) is 5.31. The van der Waals surface area contributed by atoms with Gasteiger partial charge in [-0.1, -0.05) is 18.2 Å². The van der Waals surface area contributed by atoms with Gasteiger partial charge in [-0.3, -0.25) is 0 Å². The first-order valence-corrected chi connectivity index (χ1v) is 5.31. The highest BCUT2D eigenvalue weighted by Gasteiger charge is 2.31. The van der Waals surface area contributed by atoms with Crippen LogP contribution in [0.5, 0.6) is 5.75 Å². The minimum atomic E-state index is -0.692. The Hall–Kier alpha value is -1.06. The van der Waals surface area contributed by atoms with Crippen molar-refractivity contribution in [2.45, 2.75) is 18.9 Å². The predicted octanol–water partition coefficient (Wildman–Crippen LogP) is 1.10. The van der Waals surface area contributed by atoms with Gasteiger partial charge in [0.15, 0.2) is 0 Å². The van der Waals surface area contributed by atoms with Crippen LogP contribution in [0.15, 0.2) is 24.3 Å². The van der Waals surface area contributed by atoms with Crippen molar-refractivity contribution < 1.29 is 9.84 Å². The van der Waals surface area contributed by atoms with Crippen molar-refractivity contribution in [3.05, 3.63) is 29.8 Å². The van der Waals surface area contributed by atoms with E-state index in [4.69, 9.17) is 4.74 Å². The van der Waals surface area contributed by atoms with Gasteiger partial charge in [0.05, 0.1) is 0 Å². The van der Waals surface area contributed by atoms with E-state index in [0.717, 1.165) is 24.3 Å². The van der Waals surface area contributed by atoms with Gasteiger partial charge in [0.25, 0.3) is 0 Å². The lowest BCUT2D eigenvalue weighted by atomic mass is 10.1. The fraction of sp³-hybridized carbons (Fsp3) is 0.500. The summed E-state index contributed by atoms with van der Waals surface area (Å²) in [5, 5.41) is 13.2. The Morgan fingerprint density at radius 3 is 2.93 bits per heavy atom. The van der Waals surface area contributed by atoms with Gasteiger partial charge in [-0.15, -0.1) is 0 Å². The third-order valence-electron chi connectivity index (χ3n) is 2.81. The zero-order valence-electron chi connectivity index (χ0n) is 8.99. The molecule has 0 aromatic heterocycles. The van der Waals surface area contributed by atoms with Crippen LogP contribution in [0.1, 0.15) is 12.0 Å². The van der Waals surface area contributed by atoms with Crippen molar-refractivity contribution >= 4 is 0 Å². The number of β-amino-alcohol motifs (C(OH)–C–C–N with tert-alkyl or cyclic N) is 1. The minimum Gasteiger partial charge on any atom is -0.490 e. The summed E-state index contributed by atoms with van der Waals surface area (Å²) >= 11 is 0. The highest BCUT2D eigenvalue weighted by Crippen LogP contribution is 2.20. The van der Waals surface area contributed by atoms with Crippen LogP contribution in [0, 0.1) is 6.92 Å². The van der Waals surface area contributed by atoms with Crippen LogP contribution < -0.4 is 10.1 Å². The molecule has 2 N–H and O–H groups in total. The smallest absolute Gasteiger partial charge is 0.122 e. The third kappa shape index (κ3) is 2.49. The molecule has 1 atom stereocenters. The number of para-hydroxylation sites is 1. The lowest BCUT2D eigenvalue weighted by Crippen LogP contribution is -2.38. The molecule has 1 aromatic carbocycles. The van der Waals surface area contributed by atoms with Gasteiger partial charge in [-0.2, -0.15) is 0 Å². The second kappa shape index (κ2) is 4.21. The maximum Gasteiger partial charge on any atom is 0.122 e. The number of ether oxygens (including phenoxy) is 1. The highest BCUT2D eigenvalue weighted by molar-refractivity contribution is 5.31. The molecule has 0 unspecified atom stereocenters. The van der Waals surface area contributed by atoms with Crippen molar-refractivity contribution in [1.82, 2.24) is 5.32 Å². The molecule has 0 spiro atoms. The number of benzene rings is 1. The van der Waals surface area contributed by atoms with Crippen LogP contribution in [-0.2, 0) is 0 Å². The second-order valence-corrected chi connectivity index (χ2v) is 4.21. The molecule has 1 saturated heterocycles. The first-order chi connectivity index (χ1) is 7.20. The zero-order chi connectivity index (χ0) is 10.7. The number of rotatable bonds is 3. The van der Waals surface area contributed by atoms with Crippen LogP contribution in [0.4, 0.5) is 0 Å². The molecule has 0 saturated carbocycles. The van der Waals surface area contributed by atoms with Gasteiger partial charge in [-0.05, 0) is 31.5 Å². The van der Waals surface area contributed by atoms with E-state index in [1.54, 1.807) is 0 Å². The van der Waals surface area contributed by atoms with Crippen LogP contribution in [0.25, 0.3) is 0 Å². The third-order valence-corrected chi connectivity index (χ3v) is 2.81. The standard InChI is InChI=1S/C12H17NO2/c1-10-4-2-3-5-11(10)15-9-12(14)6-7-13-8-12/h2-5,13-14H,6-9H2,1H3/t12-/m1/s1. The van der Waals surface area contributed by atoms with Crippen molar-refractivity contribution in [2.24, 2.45) is 0 Å². The fourth-order valence-electron chi connectivity index (χ4n) is 1.78. The van der Waals surface area contributed by atoms with Crippen LogP contribution >= 0.6 is 0 Å². The molecule has 1 fully saturated rings. The van der Waals surface area contributed by atoms with E-state index in [0.29, 0.717) is 13.2 Å². The van der Waals surface area contributed by atoms with E-state index >= 15 is 0 Å². The highest BCUT2D eigenvalue weighted by atomic mass is 16.5. The minimum absolute atomic E-state index is 0.366. The SMILES string of the molecule is Cc1ccccc1OC[C@@]1(O)CCNC1. The summed E-state index contributed by atoms with van der Waals surface area (Å²) in [6, 6.07) is 7.86. The molecule has 0 bridgehead atoms. The normalized spacial score (nSPS) is 25.5. The molecule has 0 amide bonds. The van der Waals surface area contributed by atoms with Crippen molar-refractivity contribution in [2.75, 3.05) is 19.7 Å². The molecular weight excluding hydrogens is 190 g/mol. The quantitative estimate of drug-likeness (QED) is 0.780. The molecule has 82 valence electrons. The number of aryl methyl sites for hydroxylation is 1. The van der Waals surface area contributed by atoms with Gasteiger partial charge >= 0.3 is 0 Å². The lowest BCUT2D eigenvalue weighted by Gasteiger charge is -2.22. The molecule has 15 heavy (non-hydrogen) atoms. The summed E-state index contributed by atoms with van der Waals surface area (Å²) in [6.07, 6.45) is 0.763. The summed E-state index contributed by atoms with van der Waals surface area (Å²) in [5.74, 6) is 0.859. The van der Waals surface area contributed by atoms with E-state index in [2.05, 4.69) is 5.32 Å². The first kappa shape index (κ1) is 10.5. The monoisotopic (exact) mass is 207 g/mol. The molecule has 1 aliphatic rings. The van der Waals surface area contributed by atoms with Crippen molar-refractivity contribution in [3.63, 3.8) is 0 Å². The van der Waals surface area contributed by atoms with E-state index in [-0.39, 0.29) is 0 Å². The maximum absolute atomic E-state index is 10.1. The molecule has 1 aromatic rings. The van der Waals surface area contributed by atoms with Crippen LogP contribution in [-0.4, -0.2) is 30.4 Å². The van der Waals surface area contributed by atoms with E-state index in [9.17, 15) is 5.11 Å². The largest absolute Gasteiger partial charge is 0.490 e. The average molecular weight is 207 g/mol. The van der Waals surface area contributed by atoms with Crippen molar-refractivity contribution in [1.29, 1.82) is 0 Å². The summed E-state index contributed by atoms with van der Waals surface area (Å²) in [6.45, 7) is 3.86. The summed E-state index contributed by atoms with van der Waals surface area (Å²) in [7, 11) is 0. The topological polar surface area (TPSA) is 41.5 Å². The number of nitrogens with one attached hydrogen (secondary N) is 1. The second-order valence-electron chi connectivity index (χ2n) is 4.21. The van der Waals surface area contributed by atoms with Crippen molar-refractivity contribution in [3.8, 4) is 5.75 Å². The predicted molar refractivity (Wildman–Crippen MR) is 59.1 cm³/mol. The average Bonchev–Trinajstić information content (AvgIpc) is 2.65. The molecular formula is C12H17NO2. The molecule has 2 rings (SSSR count). The van der Waals surface area contributed by atoms with Gasteiger partial charge in [0, 0.05) is 6.54 Å². The van der Waals surface area contributed by atoms with E-state index in [1.807, 2.05) is 31.2 Å². The Kier molecular flexibility index (Phi) is 2.93. The summed E-state index contributed by atoms with van der Waals surface area (Å²) in [5.41, 5.74) is 0.412. The summed E-state index contributed by atoms with van der Waals surface area (Å²) < 4.78 is 5.63. The molecule has 1 aliphatic heterocycles. The Bertz CT molecular complexity index is 332. The molecule has 0 radical (unpaired) electrons. The van der Waals surface area contributed by atoms with Gasteiger partial charge in [0.2, 0.25) is 0 Å². The van der Waals surface area contributed by atoms with E-state index in [1.165, 1.54) is 0 Å². The number of hydrogen-bond acceptors (Lipinski definition) is 3. The van der Waals surface area contributed by atoms with E-state index < -0.39 is 5.60 Å². The molecule has 1 heterocycles. The Morgan fingerprint density at radius 2 is 2.27 bits per heavy atom. The number of aliphatic hydroxyl groups is 1. The Morgan fingerprint density at radius 1 is 1.47 bits per heavy atom. The Labute approximate surface area is 90.1 Å². The van der Waals surface area contributed by atoms with Gasteiger partial charge < -0.3 is 15.2 Å². The lowest BCUT2D eigenvalue weighted by molar-refractivity contribution is 0.0128. The molecule has 3 heteroatoms. The Balaban J connectivity index is 1.95. The van der Waals surface area contributed by atoms with Crippen LogP contribution in [0.3, 0.4) is 0 Å². The summed E-state index contributed by atoms with van der Waals surface area (Å²) in [4.78, 5) is 0. The fourth-order valence-corrected chi connectivity index (χ4v) is 1.78. The van der Waals surface area contributed by atoms with Crippen LogP contribution in [0.2, 0.25) is 0 Å². The molecule has 3 nitrogen and oxygen atoms in total. The van der Waals surface area contributed by atoms with Gasteiger partial charge in [0.1, 0.15) is 18.0 Å². The maximum atomic E-state index is 10.1. The zero-order valence-corrected chi connectivity index (χ0v) is 8.99. The van der Waals surface area contributed by atoms with Gasteiger partial charge in [-0.25, -0.2) is 0 Å². The number of hydrogen-bond donors (Lipinski definition) is 2. The molecule has 0 aliphatic carbocycles.